The summed E-state index contributed by atoms with van der Waals surface area (Å²) in [4.78, 5) is 76.1. The lowest BCUT2D eigenvalue weighted by Crippen LogP contribution is -2.61. The first-order valence-corrected chi connectivity index (χ1v) is 41.2. The van der Waals surface area contributed by atoms with Crippen molar-refractivity contribution in [3.63, 3.8) is 0 Å². The summed E-state index contributed by atoms with van der Waals surface area (Å²) in [5.41, 5.74) is 10.4. The summed E-state index contributed by atoms with van der Waals surface area (Å²) in [6, 6.07) is 15.6. The summed E-state index contributed by atoms with van der Waals surface area (Å²) < 4.78 is 28.6. The molecule has 0 aliphatic carbocycles. The Hall–Kier alpha value is -7.51. The molecule has 2 bridgehead atoms. The number of rotatable bonds is 20. The molecule has 4 aromatic rings. The molecule has 638 valence electrons. The maximum absolute atomic E-state index is 13.9. The molecule has 31 heteroatoms. The van der Waals surface area contributed by atoms with Crippen LogP contribution in [0.25, 0.3) is 0 Å². The van der Waals surface area contributed by atoms with Gasteiger partial charge in [0.1, 0.15) is 30.8 Å². The van der Waals surface area contributed by atoms with Crippen molar-refractivity contribution in [3.05, 3.63) is 177 Å². The third-order valence-corrected chi connectivity index (χ3v) is 22.3. The monoisotopic (exact) mass is 1650 g/mol. The number of alkyl carbamates (subject to hydrolysis) is 1. The number of ether oxygens (including phenoxy) is 5. The van der Waals surface area contributed by atoms with Crippen molar-refractivity contribution in [2.45, 2.75) is 280 Å². The number of urea groups is 1. The lowest BCUT2D eigenvalue weighted by Gasteiger charge is -2.45. The van der Waals surface area contributed by atoms with Crippen LogP contribution in [0, 0.1) is 23.7 Å². The molecule has 4 amide bonds. The second-order valence-corrected chi connectivity index (χ2v) is 32.7. The molecule has 2 aromatic heterocycles. The Kier molecular flexibility index (Phi) is 41.1. The second-order valence-electron chi connectivity index (χ2n) is 30.9. The molecule has 2 saturated heterocycles. The van der Waals surface area contributed by atoms with Crippen molar-refractivity contribution >= 4 is 52.6 Å². The third kappa shape index (κ3) is 33.4. The Balaban J connectivity index is 0.000000369. The zero-order chi connectivity index (χ0) is 84.5. The highest BCUT2D eigenvalue weighted by Gasteiger charge is 2.51. The highest BCUT2D eigenvalue weighted by molar-refractivity contribution is 7.09. The van der Waals surface area contributed by atoms with Gasteiger partial charge in [0.05, 0.1) is 119 Å². The van der Waals surface area contributed by atoms with Crippen molar-refractivity contribution in [2.75, 3.05) is 7.05 Å². The van der Waals surface area contributed by atoms with Crippen LogP contribution in [0.3, 0.4) is 0 Å². The van der Waals surface area contributed by atoms with E-state index < -0.39 is 171 Å². The smallest absolute Gasteiger partial charge is 0.407 e. The van der Waals surface area contributed by atoms with Gasteiger partial charge in [-0.1, -0.05) is 175 Å². The standard InChI is InChI=1S/C47H75NO17.C37H48N6O5S2/c1-27-17-15-13-11-9-7-5-6-8-10-12-14-16-18-34(64-46-44(58)41(48)43(57)30(4)63-46)24-38-40(45(59)60)37(54)26-47(61,65-38)25-36(53)35(52)20-19-31(49)21-32(50)22-33(51)23-39(55)62-29(3)28(2)42(27)56;1-24(2)33(42-36(46)43(5)20-29-22-49-35(40-29)25(3)4)34(45)39-28(16-26-12-8-6-9-13-26)18-32(44)31(17-27-14-10-7-11-15-27)41-37(47)48-21-30-19-38-23-50-30/h5-6,8,10-18,27-38,40-44,46,49-54,56-58,61H,7,9,19-26,48H2,1-4H3,(H,59,60);6-15,19,22-25,28,31-33,44H,16-18,20-21H2,1-5H3,(H,39,45)(H,41,47)(H,42,46)/b6-5+,10-8+,13-11+,14-12+,17-15+,18-16+;/t27-,28-,29-,30+,31+,32+,33+,34-,35+,36+,37-,38-,40+,41-,42+,43+,44-,46-,47+;28-,31-,32-,33-/m00/s1. The highest BCUT2D eigenvalue weighted by atomic mass is 32.1. The first kappa shape index (κ1) is 96.3. The largest absolute Gasteiger partial charge is 0.481 e. The lowest BCUT2D eigenvalue weighted by atomic mass is 9.82. The molecule has 29 nitrogen and oxygen atoms in total. The number of carboxylic acid groups (broad SMARTS) is 1. The van der Waals surface area contributed by atoms with E-state index in [1.54, 1.807) is 68.2 Å². The number of carboxylic acids is 1. The average molecular weight is 1650 g/mol. The topological polar surface area (TPSA) is 465 Å². The van der Waals surface area contributed by atoms with Crippen molar-refractivity contribution < 1.29 is 109 Å². The molecule has 3 aliphatic heterocycles. The molecule has 5 heterocycles. The Morgan fingerprint density at radius 2 is 1.33 bits per heavy atom. The number of thiazole rings is 2. The zero-order valence-electron chi connectivity index (χ0n) is 67.1. The molecular formula is C84H123N7O22S2. The van der Waals surface area contributed by atoms with E-state index in [0.717, 1.165) is 39.5 Å². The van der Waals surface area contributed by atoms with Gasteiger partial charge in [0.25, 0.3) is 0 Å². The predicted molar refractivity (Wildman–Crippen MR) is 434 cm³/mol. The number of aromatic nitrogens is 2. The summed E-state index contributed by atoms with van der Waals surface area (Å²) in [5.74, 6) is -7.10. The van der Waals surface area contributed by atoms with Gasteiger partial charge in [-0.05, 0) is 88.7 Å². The minimum absolute atomic E-state index is 0.0671. The maximum atomic E-state index is 13.9. The summed E-state index contributed by atoms with van der Waals surface area (Å²) in [7, 11) is 1.68. The van der Waals surface area contributed by atoms with Crippen LogP contribution in [0.15, 0.2) is 151 Å². The molecule has 17 N–H and O–H groups in total. The number of hydrogen-bond donors (Lipinski definition) is 16. The summed E-state index contributed by atoms with van der Waals surface area (Å²) >= 11 is 2.95. The van der Waals surface area contributed by atoms with Crippen molar-refractivity contribution in [1.29, 1.82) is 0 Å². The molecule has 7 rings (SSSR count). The molecular weight excluding hydrogens is 1520 g/mol. The fourth-order valence-corrected chi connectivity index (χ4v) is 14.8. The van der Waals surface area contributed by atoms with Gasteiger partial charge in [-0.15, -0.1) is 22.7 Å². The quantitative estimate of drug-likeness (QED) is 0.0402. The highest BCUT2D eigenvalue weighted by Crippen LogP contribution is 2.39. The van der Waals surface area contributed by atoms with E-state index in [-0.39, 0.29) is 68.9 Å². The predicted octanol–water partition coefficient (Wildman–Crippen LogP) is 6.84. The van der Waals surface area contributed by atoms with Crippen molar-refractivity contribution in [1.82, 2.24) is 30.8 Å². The van der Waals surface area contributed by atoms with Crippen LogP contribution in [0.5, 0.6) is 0 Å². The number of nitrogens with zero attached hydrogens (tertiary/aromatic N) is 3. The molecule has 115 heavy (non-hydrogen) atoms. The summed E-state index contributed by atoms with van der Waals surface area (Å²) in [6.07, 6.45) is 3.12. The lowest BCUT2D eigenvalue weighted by molar-refractivity contribution is -0.310. The number of carbonyl (C=O) groups excluding carboxylic acids is 4. The minimum atomic E-state index is -2.35. The van der Waals surface area contributed by atoms with Gasteiger partial charge >= 0.3 is 24.1 Å². The van der Waals surface area contributed by atoms with Crippen LogP contribution in [-0.2, 0) is 64.1 Å². The number of nitrogens with one attached hydrogen (secondary N) is 3. The van der Waals surface area contributed by atoms with E-state index in [9.17, 15) is 85.3 Å². The number of allylic oxidation sites excluding steroid dienone is 10. The van der Waals surface area contributed by atoms with E-state index >= 15 is 0 Å². The summed E-state index contributed by atoms with van der Waals surface area (Å²) in [6.45, 7) is 15.1. The number of nitrogens with two attached hydrogens (primary N) is 1. The van der Waals surface area contributed by atoms with Gasteiger partial charge < -0.3 is 112 Å². The number of hydrogen-bond acceptors (Lipinski definition) is 26. The average Bonchev–Trinajstić information content (AvgIpc) is 1.20. The van der Waals surface area contributed by atoms with Crippen LogP contribution in [0.4, 0.5) is 9.59 Å². The van der Waals surface area contributed by atoms with Gasteiger partial charge in [-0.3, -0.25) is 19.4 Å². The van der Waals surface area contributed by atoms with E-state index in [2.05, 4.69) is 39.8 Å². The molecule has 2 fully saturated rings. The number of fused-ring (bicyclic) bond motifs is 2. The van der Waals surface area contributed by atoms with Crippen LogP contribution < -0.4 is 21.7 Å². The molecule has 0 unspecified atom stereocenters. The molecule has 2 aromatic carbocycles. The van der Waals surface area contributed by atoms with Crippen LogP contribution in [0.2, 0.25) is 0 Å². The first-order valence-electron chi connectivity index (χ1n) is 39.4. The first-order chi connectivity index (χ1) is 54.6. The number of esters is 1. The third-order valence-electron chi connectivity index (χ3n) is 20.4. The van der Waals surface area contributed by atoms with E-state index in [4.69, 9.17) is 29.4 Å². The molecule has 0 spiro atoms. The number of aliphatic hydroxyl groups excluding tert-OH is 10. The molecule has 23 atom stereocenters. The maximum Gasteiger partial charge on any atom is 0.407 e. The van der Waals surface area contributed by atoms with Crippen molar-refractivity contribution in [3.8, 4) is 0 Å². The number of aliphatic hydroxyl groups is 11. The zero-order valence-corrected chi connectivity index (χ0v) is 68.7. The van der Waals surface area contributed by atoms with Crippen LogP contribution >= 0.6 is 22.7 Å². The molecule has 0 saturated carbocycles. The van der Waals surface area contributed by atoms with E-state index in [1.165, 1.54) is 29.2 Å². The van der Waals surface area contributed by atoms with Gasteiger partial charge in [-0.2, -0.15) is 0 Å². The number of amides is 4. The van der Waals surface area contributed by atoms with Crippen molar-refractivity contribution in [2.24, 2.45) is 29.4 Å². The van der Waals surface area contributed by atoms with Gasteiger partial charge in [0.2, 0.25) is 5.91 Å². The van der Waals surface area contributed by atoms with Gasteiger partial charge in [0, 0.05) is 61.7 Å². The fourth-order valence-electron chi connectivity index (χ4n) is 13.5. The second kappa shape index (κ2) is 49.0. The Labute approximate surface area is 682 Å². The summed E-state index contributed by atoms with van der Waals surface area (Å²) in [5, 5.41) is 142. The van der Waals surface area contributed by atoms with E-state index in [0.29, 0.717) is 25.3 Å². The number of carbonyl (C=O) groups is 5. The SMILES string of the molecule is CC(C)c1nc(CN(C)C(=O)N[C@H](C(=O)N[C@@H](Cc2ccccc2)C[C@H](O)[C@H](Cc2ccccc2)NC(=O)OCc2cncs2)C(C)C)cs1.C[C@@H]1[C@H](O)[C@@H](C)/C=C/C=C/CC/C=C/C=C/C=C/C=C/[C@H](O[C@@H]2O[C@H](C)[C@@H](O)[C@H](N)[C@@H]2O)C[C@@H]2O[C@](O)(C[C@@H](O)[C@H](O)CC[C@@H](O)C[C@@H](O)C[C@@H](O)CC(=O)O[C@H]1C)C[C@H](O)[C@H]2C(=O)O. The van der Waals surface area contributed by atoms with E-state index in [1.807, 2.05) is 129 Å². The Bertz CT molecular complexity index is 3720. The number of cyclic esters (lactones) is 1. The number of aliphatic carboxylic acids is 1. The Morgan fingerprint density at radius 1 is 0.713 bits per heavy atom. The van der Waals surface area contributed by atoms with Crippen LogP contribution in [-0.4, -0.2) is 235 Å². The minimum Gasteiger partial charge on any atom is -0.481 e. The normalized spacial score (nSPS) is 31.5. The number of benzene rings is 2. The fraction of sp³-hybridized carbons (Fsp3) is 0.583. The Morgan fingerprint density at radius 3 is 1.96 bits per heavy atom. The molecule has 3 aliphatic rings. The van der Waals surface area contributed by atoms with Gasteiger partial charge in [0.15, 0.2) is 12.1 Å². The van der Waals surface area contributed by atoms with Crippen LogP contribution in [0.1, 0.15) is 159 Å². The van der Waals surface area contributed by atoms with Gasteiger partial charge in [-0.25, -0.2) is 14.6 Å². The molecule has 0 radical (unpaired) electrons.